The van der Waals surface area contributed by atoms with Gasteiger partial charge >= 0.3 is 0 Å². The Morgan fingerprint density at radius 3 is 2.29 bits per heavy atom. The van der Waals surface area contributed by atoms with E-state index in [2.05, 4.69) is 16.0 Å². The number of anilines is 1. The van der Waals surface area contributed by atoms with Crippen molar-refractivity contribution in [2.75, 3.05) is 18.9 Å². The summed E-state index contributed by atoms with van der Waals surface area (Å²) < 4.78 is 27.1. The first-order valence-electron chi connectivity index (χ1n) is 6.66. The van der Waals surface area contributed by atoms with E-state index in [-0.39, 0.29) is 17.2 Å². The third-order valence-corrected chi connectivity index (χ3v) is 2.84. The van der Waals surface area contributed by atoms with Crippen LogP contribution in [0.25, 0.3) is 0 Å². The van der Waals surface area contributed by atoms with Crippen LogP contribution in [0.1, 0.15) is 30.6 Å². The van der Waals surface area contributed by atoms with Gasteiger partial charge in [-0.2, -0.15) is 0 Å². The third kappa shape index (κ3) is 4.40. The lowest BCUT2D eigenvalue weighted by molar-refractivity contribution is -0.122. The van der Waals surface area contributed by atoms with E-state index in [1.165, 1.54) is 14.0 Å². The SMILES string of the molecule is CCCNC(=O)C(C)NC(=O)c1cc(F)c(NC)c(F)c1. The molecule has 3 N–H and O–H groups in total. The number of rotatable bonds is 6. The summed E-state index contributed by atoms with van der Waals surface area (Å²) in [5.41, 5.74) is -0.487. The number of benzene rings is 1. The maximum absolute atomic E-state index is 13.6. The lowest BCUT2D eigenvalue weighted by atomic mass is 10.1. The van der Waals surface area contributed by atoms with E-state index < -0.39 is 23.6 Å². The number of hydrogen-bond donors (Lipinski definition) is 3. The van der Waals surface area contributed by atoms with Gasteiger partial charge in [0.1, 0.15) is 23.4 Å². The largest absolute Gasteiger partial charge is 0.383 e. The first-order chi connectivity index (χ1) is 9.90. The van der Waals surface area contributed by atoms with Crippen LogP contribution in [0.5, 0.6) is 0 Å². The van der Waals surface area contributed by atoms with Crippen LogP contribution in [0.15, 0.2) is 12.1 Å². The predicted octanol–water partition coefficient (Wildman–Crippen LogP) is 1.65. The molecule has 1 atom stereocenters. The highest BCUT2D eigenvalue weighted by Crippen LogP contribution is 2.20. The highest BCUT2D eigenvalue weighted by atomic mass is 19.1. The molecule has 2 amide bonds. The van der Waals surface area contributed by atoms with Gasteiger partial charge < -0.3 is 16.0 Å². The van der Waals surface area contributed by atoms with Crippen molar-refractivity contribution in [2.24, 2.45) is 0 Å². The highest BCUT2D eigenvalue weighted by molar-refractivity contribution is 5.97. The van der Waals surface area contributed by atoms with Crippen LogP contribution in [0, 0.1) is 11.6 Å². The van der Waals surface area contributed by atoms with Crippen molar-refractivity contribution in [3.63, 3.8) is 0 Å². The number of amides is 2. The molecule has 116 valence electrons. The molecule has 0 aliphatic heterocycles. The van der Waals surface area contributed by atoms with E-state index in [0.717, 1.165) is 18.6 Å². The van der Waals surface area contributed by atoms with E-state index >= 15 is 0 Å². The van der Waals surface area contributed by atoms with Gasteiger partial charge in [0.05, 0.1) is 0 Å². The summed E-state index contributed by atoms with van der Waals surface area (Å²) in [4.78, 5) is 23.5. The van der Waals surface area contributed by atoms with Crippen LogP contribution < -0.4 is 16.0 Å². The third-order valence-electron chi connectivity index (χ3n) is 2.84. The number of carbonyl (C=O) groups excluding carboxylic acids is 2. The number of hydrogen-bond acceptors (Lipinski definition) is 3. The second kappa shape index (κ2) is 7.56. The monoisotopic (exact) mass is 299 g/mol. The summed E-state index contributed by atoms with van der Waals surface area (Å²) in [5.74, 6) is -2.80. The first kappa shape index (κ1) is 16.9. The van der Waals surface area contributed by atoms with Gasteiger partial charge in [-0.05, 0) is 25.5 Å². The molecule has 7 heteroatoms. The van der Waals surface area contributed by atoms with E-state index in [0.29, 0.717) is 6.54 Å². The van der Waals surface area contributed by atoms with Crippen molar-refractivity contribution in [1.29, 1.82) is 0 Å². The molecule has 21 heavy (non-hydrogen) atoms. The maximum Gasteiger partial charge on any atom is 0.252 e. The molecule has 5 nitrogen and oxygen atoms in total. The van der Waals surface area contributed by atoms with Crippen molar-refractivity contribution in [3.8, 4) is 0 Å². The van der Waals surface area contributed by atoms with Gasteiger partial charge in [-0.15, -0.1) is 0 Å². The summed E-state index contributed by atoms with van der Waals surface area (Å²) in [6, 6.07) is 1.04. The maximum atomic E-state index is 13.6. The van der Waals surface area contributed by atoms with Gasteiger partial charge in [0.15, 0.2) is 0 Å². The summed E-state index contributed by atoms with van der Waals surface area (Å²) in [6.07, 6.45) is 0.772. The van der Waals surface area contributed by atoms with Gasteiger partial charge in [0.2, 0.25) is 5.91 Å². The van der Waals surface area contributed by atoms with Gasteiger partial charge in [0, 0.05) is 19.2 Å². The van der Waals surface area contributed by atoms with Crippen molar-refractivity contribution in [3.05, 3.63) is 29.3 Å². The smallest absolute Gasteiger partial charge is 0.252 e. The van der Waals surface area contributed by atoms with E-state index in [1.54, 1.807) is 0 Å². The molecule has 0 spiro atoms. The molecule has 1 aromatic carbocycles. The van der Waals surface area contributed by atoms with E-state index in [9.17, 15) is 18.4 Å². The van der Waals surface area contributed by atoms with Crippen molar-refractivity contribution in [2.45, 2.75) is 26.3 Å². The second-order valence-electron chi connectivity index (χ2n) is 4.55. The van der Waals surface area contributed by atoms with Crippen molar-refractivity contribution in [1.82, 2.24) is 10.6 Å². The fourth-order valence-electron chi connectivity index (χ4n) is 1.69. The van der Waals surface area contributed by atoms with Gasteiger partial charge in [0.25, 0.3) is 5.91 Å². The van der Waals surface area contributed by atoms with Gasteiger partial charge in [-0.3, -0.25) is 9.59 Å². The Kier molecular flexibility index (Phi) is 6.08. The normalized spacial score (nSPS) is 11.7. The Bertz CT molecular complexity index is 512. The quantitative estimate of drug-likeness (QED) is 0.748. The molecule has 1 aromatic rings. The van der Waals surface area contributed by atoms with Gasteiger partial charge in [-0.25, -0.2) is 8.78 Å². The Labute approximate surface area is 122 Å². The Morgan fingerprint density at radius 1 is 1.24 bits per heavy atom. The van der Waals surface area contributed by atoms with Crippen LogP contribution >= 0.6 is 0 Å². The Morgan fingerprint density at radius 2 is 1.81 bits per heavy atom. The summed E-state index contributed by atoms with van der Waals surface area (Å²) in [5, 5.41) is 7.38. The van der Waals surface area contributed by atoms with E-state index in [4.69, 9.17) is 0 Å². The minimum atomic E-state index is -0.870. The topological polar surface area (TPSA) is 70.2 Å². The Balaban J connectivity index is 2.78. The van der Waals surface area contributed by atoms with Crippen LogP contribution in [-0.2, 0) is 4.79 Å². The standard InChI is InChI=1S/C14H19F2N3O2/c1-4-5-18-13(20)8(2)19-14(21)9-6-10(15)12(17-3)11(16)7-9/h6-8,17H,4-5H2,1-3H3,(H,18,20)(H,19,21). The lowest BCUT2D eigenvalue weighted by Crippen LogP contribution is -2.45. The minimum Gasteiger partial charge on any atom is -0.383 e. The minimum absolute atomic E-state index is 0.181. The van der Waals surface area contributed by atoms with Crippen molar-refractivity contribution >= 4 is 17.5 Å². The van der Waals surface area contributed by atoms with Crippen LogP contribution in [0.2, 0.25) is 0 Å². The zero-order valence-corrected chi connectivity index (χ0v) is 12.2. The molecule has 0 aliphatic carbocycles. The Hall–Kier alpha value is -2.18. The van der Waals surface area contributed by atoms with Crippen LogP contribution in [0.3, 0.4) is 0 Å². The zero-order valence-electron chi connectivity index (χ0n) is 12.2. The fraction of sp³-hybridized carbons (Fsp3) is 0.429. The number of halogens is 2. The van der Waals surface area contributed by atoms with Crippen LogP contribution in [-0.4, -0.2) is 31.4 Å². The molecule has 0 aliphatic rings. The first-order valence-corrected chi connectivity index (χ1v) is 6.66. The molecule has 1 rings (SSSR count). The average molecular weight is 299 g/mol. The zero-order chi connectivity index (χ0) is 16.0. The second-order valence-corrected chi connectivity index (χ2v) is 4.55. The molecular weight excluding hydrogens is 280 g/mol. The molecular formula is C14H19F2N3O2. The molecule has 1 unspecified atom stereocenters. The van der Waals surface area contributed by atoms with Crippen LogP contribution in [0.4, 0.5) is 14.5 Å². The summed E-state index contributed by atoms with van der Waals surface area (Å²) >= 11 is 0. The summed E-state index contributed by atoms with van der Waals surface area (Å²) in [7, 11) is 1.38. The molecule has 0 heterocycles. The molecule has 0 aromatic heterocycles. The predicted molar refractivity (Wildman–Crippen MR) is 76.1 cm³/mol. The highest BCUT2D eigenvalue weighted by Gasteiger charge is 2.18. The van der Waals surface area contributed by atoms with Gasteiger partial charge in [-0.1, -0.05) is 6.92 Å². The molecule has 0 saturated heterocycles. The number of carbonyl (C=O) groups is 2. The molecule has 0 radical (unpaired) electrons. The number of nitrogens with one attached hydrogen (secondary N) is 3. The molecule has 0 fully saturated rings. The summed E-state index contributed by atoms with van der Waals surface area (Å²) in [6.45, 7) is 3.90. The van der Waals surface area contributed by atoms with Crippen molar-refractivity contribution < 1.29 is 18.4 Å². The molecule has 0 saturated carbocycles. The fourth-order valence-corrected chi connectivity index (χ4v) is 1.69. The average Bonchev–Trinajstić information content (AvgIpc) is 2.44. The van der Waals surface area contributed by atoms with E-state index in [1.807, 2.05) is 6.92 Å². The molecule has 0 bridgehead atoms. The lowest BCUT2D eigenvalue weighted by Gasteiger charge is -2.14.